The zero-order valence-electron chi connectivity index (χ0n) is 20.5. The van der Waals surface area contributed by atoms with Gasteiger partial charge in [0, 0.05) is 12.7 Å². The Labute approximate surface area is 205 Å². The number of amides is 2. The molecule has 0 atom stereocenters. The summed E-state index contributed by atoms with van der Waals surface area (Å²) < 4.78 is 7.74. The summed E-state index contributed by atoms with van der Waals surface area (Å²) in [6, 6.07) is 21.2. The van der Waals surface area contributed by atoms with Crippen LogP contribution in [0.25, 0.3) is 11.0 Å². The molecule has 180 valence electrons. The fourth-order valence-corrected chi connectivity index (χ4v) is 4.19. The molecule has 0 radical (unpaired) electrons. The van der Waals surface area contributed by atoms with E-state index in [-0.39, 0.29) is 31.5 Å². The number of aryl methyl sites for hydroxylation is 3. The molecule has 0 saturated heterocycles. The van der Waals surface area contributed by atoms with Crippen molar-refractivity contribution in [3.05, 3.63) is 89.2 Å². The Kier molecular flexibility index (Phi) is 7.15. The van der Waals surface area contributed by atoms with E-state index in [1.807, 2.05) is 92.1 Å². The van der Waals surface area contributed by atoms with Crippen molar-refractivity contribution in [2.45, 2.75) is 33.9 Å². The number of aromatic nitrogens is 2. The number of hydrogen-bond donors (Lipinski definition) is 1. The second-order valence-electron chi connectivity index (χ2n) is 8.78. The number of rotatable bonds is 8. The summed E-state index contributed by atoms with van der Waals surface area (Å²) in [6.07, 6.45) is 0. The quantitative estimate of drug-likeness (QED) is 0.407. The van der Waals surface area contributed by atoms with Gasteiger partial charge in [-0.15, -0.1) is 0 Å². The number of hydrogen-bond acceptors (Lipinski definition) is 4. The van der Waals surface area contributed by atoms with Gasteiger partial charge in [0.05, 0.1) is 17.6 Å². The third-order valence-corrected chi connectivity index (χ3v) is 5.89. The van der Waals surface area contributed by atoms with Crippen molar-refractivity contribution >= 4 is 28.5 Å². The number of ether oxygens (including phenoxy) is 1. The highest BCUT2D eigenvalue weighted by atomic mass is 16.5. The van der Waals surface area contributed by atoms with Crippen LogP contribution in [-0.4, -0.2) is 39.9 Å². The molecule has 7 heteroatoms. The molecular formula is C28H30N4O3. The van der Waals surface area contributed by atoms with Gasteiger partial charge in [0.15, 0.2) is 0 Å². The molecule has 0 unspecified atom stereocenters. The molecule has 0 bridgehead atoms. The topological polar surface area (TPSA) is 76.5 Å². The summed E-state index contributed by atoms with van der Waals surface area (Å²) in [5.41, 5.74) is 5.57. The van der Waals surface area contributed by atoms with Gasteiger partial charge in [-0.2, -0.15) is 0 Å². The minimum atomic E-state index is -0.237. The van der Waals surface area contributed by atoms with Crippen molar-refractivity contribution in [2.75, 3.05) is 18.9 Å². The standard InChI is InChI=1S/C28H30N4O3/c1-19-14-20(2)28(21(3)15-19)30-26(33)16-31(4)27(34)17-32-24-13-9-8-12-23(24)29-25(32)18-35-22-10-6-5-7-11-22/h5-15H,16-18H2,1-4H3,(H,30,33). The molecule has 0 aliphatic heterocycles. The second kappa shape index (κ2) is 10.4. The Hall–Kier alpha value is -4.13. The van der Waals surface area contributed by atoms with E-state index in [4.69, 9.17) is 4.74 Å². The lowest BCUT2D eigenvalue weighted by Gasteiger charge is -2.19. The molecule has 0 aliphatic carbocycles. The van der Waals surface area contributed by atoms with Gasteiger partial charge in [-0.05, 0) is 56.2 Å². The Bertz CT molecular complexity index is 1340. The number of carbonyl (C=O) groups excluding carboxylic acids is 2. The second-order valence-corrected chi connectivity index (χ2v) is 8.78. The van der Waals surface area contributed by atoms with Crippen LogP contribution in [0.4, 0.5) is 5.69 Å². The summed E-state index contributed by atoms with van der Waals surface area (Å²) in [6.45, 7) is 6.19. The Morgan fingerprint density at radius 2 is 1.63 bits per heavy atom. The van der Waals surface area contributed by atoms with Gasteiger partial charge in [0.1, 0.15) is 24.7 Å². The van der Waals surface area contributed by atoms with Gasteiger partial charge in [-0.25, -0.2) is 4.98 Å². The number of nitrogens with zero attached hydrogens (tertiary/aromatic N) is 3. The van der Waals surface area contributed by atoms with Crippen LogP contribution in [0.15, 0.2) is 66.7 Å². The first-order chi connectivity index (χ1) is 16.8. The van der Waals surface area contributed by atoms with Crippen molar-refractivity contribution in [1.29, 1.82) is 0 Å². The molecule has 0 fully saturated rings. The maximum atomic E-state index is 13.1. The van der Waals surface area contributed by atoms with Crippen LogP contribution in [0.5, 0.6) is 5.75 Å². The predicted octanol–water partition coefficient (Wildman–Crippen LogP) is 4.64. The molecule has 7 nitrogen and oxygen atoms in total. The Morgan fingerprint density at radius 1 is 0.971 bits per heavy atom. The van der Waals surface area contributed by atoms with E-state index in [0.29, 0.717) is 5.82 Å². The van der Waals surface area contributed by atoms with Crippen molar-refractivity contribution in [3.8, 4) is 5.75 Å². The average Bonchev–Trinajstić information content (AvgIpc) is 3.18. The highest BCUT2D eigenvalue weighted by Crippen LogP contribution is 2.22. The molecule has 4 rings (SSSR count). The van der Waals surface area contributed by atoms with E-state index >= 15 is 0 Å². The summed E-state index contributed by atoms with van der Waals surface area (Å²) in [4.78, 5) is 31.9. The SMILES string of the molecule is Cc1cc(C)c(NC(=O)CN(C)C(=O)Cn2c(COc3ccccc3)nc3ccccc32)c(C)c1. The van der Waals surface area contributed by atoms with Gasteiger partial charge in [0.2, 0.25) is 11.8 Å². The minimum Gasteiger partial charge on any atom is -0.486 e. The van der Waals surface area contributed by atoms with E-state index in [9.17, 15) is 9.59 Å². The zero-order chi connectivity index (χ0) is 24.9. The number of likely N-dealkylation sites (N-methyl/N-ethyl adjacent to an activating group) is 1. The lowest BCUT2D eigenvalue weighted by molar-refractivity contribution is -0.133. The summed E-state index contributed by atoms with van der Waals surface area (Å²) >= 11 is 0. The molecule has 0 saturated carbocycles. The number of nitrogens with one attached hydrogen (secondary N) is 1. The lowest BCUT2D eigenvalue weighted by atomic mass is 10.1. The minimum absolute atomic E-state index is 0.0476. The van der Waals surface area contributed by atoms with E-state index in [2.05, 4.69) is 10.3 Å². The number of carbonyl (C=O) groups is 2. The van der Waals surface area contributed by atoms with Crippen molar-refractivity contribution in [1.82, 2.24) is 14.5 Å². The van der Waals surface area contributed by atoms with Crippen LogP contribution in [0.2, 0.25) is 0 Å². The Balaban J connectivity index is 1.46. The number of para-hydroxylation sites is 3. The summed E-state index contributed by atoms with van der Waals surface area (Å²) in [5, 5.41) is 2.96. The molecule has 0 spiro atoms. The summed E-state index contributed by atoms with van der Waals surface area (Å²) in [7, 11) is 1.63. The third kappa shape index (κ3) is 5.69. The molecule has 2 amide bonds. The normalized spacial score (nSPS) is 10.9. The van der Waals surface area contributed by atoms with Crippen LogP contribution >= 0.6 is 0 Å². The predicted molar refractivity (Wildman–Crippen MR) is 137 cm³/mol. The van der Waals surface area contributed by atoms with Crippen LogP contribution in [0.3, 0.4) is 0 Å². The van der Waals surface area contributed by atoms with E-state index in [1.54, 1.807) is 7.05 Å². The molecule has 3 aromatic carbocycles. The monoisotopic (exact) mass is 470 g/mol. The fraction of sp³-hybridized carbons (Fsp3) is 0.250. The maximum Gasteiger partial charge on any atom is 0.243 e. The highest BCUT2D eigenvalue weighted by Gasteiger charge is 2.19. The first-order valence-corrected chi connectivity index (χ1v) is 11.6. The van der Waals surface area contributed by atoms with Crippen molar-refractivity contribution in [2.24, 2.45) is 0 Å². The smallest absolute Gasteiger partial charge is 0.243 e. The molecule has 1 aromatic heterocycles. The van der Waals surface area contributed by atoms with Crippen molar-refractivity contribution in [3.63, 3.8) is 0 Å². The number of fused-ring (bicyclic) bond motifs is 1. The van der Waals surface area contributed by atoms with Gasteiger partial charge in [-0.3, -0.25) is 9.59 Å². The van der Waals surface area contributed by atoms with E-state index in [1.165, 1.54) is 4.90 Å². The first-order valence-electron chi connectivity index (χ1n) is 11.6. The van der Waals surface area contributed by atoms with Gasteiger partial charge >= 0.3 is 0 Å². The van der Waals surface area contributed by atoms with Crippen LogP contribution in [-0.2, 0) is 22.7 Å². The molecule has 1 N–H and O–H groups in total. The Morgan fingerprint density at radius 3 is 2.34 bits per heavy atom. The van der Waals surface area contributed by atoms with E-state index in [0.717, 1.165) is 39.2 Å². The molecule has 4 aromatic rings. The molecule has 1 heterocycles. The summed E-state index contributed by atoms with van der Waals surface area (Å²) in [5.74, 6) is 0.945. The van der Waals surface area contributed by atoms with Crippen LogP contribution in [0.1, 0.15) is 22.5 Å². The van der Waals surface area contributed by atoms with Gasteiger partial charge in [-0.1, -0.05) is 48.0 Å². The highest BCUT2D eigenvalue weighted by molar-refractivity contribution is 5.96. The van der Waals surface area contributed by atoms with Crippen molar-refractivity contribution < 1.29 is 14.3 Å². The molecular weight excluding hydrogens is 440 g/mol. The number of benzene rings is 3. The first kappa shape index (κ1) is 24.0. The number of anilines is 1. The molecule has 35 heavy (non-hydrogen) atoms. The fourth-order valence-electron chi connectivity index (χ4n) is 4.19. The third-order valence-electron chi connectivity index (χ3n) is 5.89. The zero-order valence-corrected chi connectivity index (χ0v) is 20.5. The van der Waals surface area contributed by atoms with Gasteiger partial charge < -0.3 is 19.5 Å². The van der Waals surface area contributed by atoms with E-state index < -0.39 is 0 Å². The number of imidazole rings is 1. The largest absolute Gasteiger partial charge is 0.486 e. The van der Waals surface area contributed by atoms with Gasteiger partial charge in [0.25, 0.3) is 0 Å². The average molecular weight is 471 g/mol. The van der Waals surface area contributed by atoms with Crippen LogP contribution in [0, 0.1) is 20.8 Å². The lowest BCUT2D eigenvalue weighted by Crippen LogP contribution is -2.37. The van der Waals surface area contributed by atoms with Crippen LogP contribution < -0.4 is 10.1 Å². The maximum absolute atomic E-state index is 13.1. The molecule has 0 aliphatic rings.